The van der Waals surface area contributed by atoms with Crippen molar-refractivity contribution in [3.05, 3.63) is 74.4 Å². The third-order valence-corrected chi connectivity index (χ3v) is 7.23. The quantitative estimate of drug-likeness (QED) is 0.596. The summed E-state index contributed by atoms with van der Waals surface area (Å²) in [5, 5.41) is 8.06. The summed E-state index contributed by atoms with van der Waals surface area (Å²) in [5.41, 5.74) is 2.03. The Balaban J connectivity index is 1.29. The molecule has 8 heteroatoms. The minimum absolute atomic E-state index is 0.000269. The number of benzene rings is 1. The molecule has 0 radical (unpaired) electrons. The molecule has 162 valence electrons. The molecule has 3 aromatic rings. The number of aryl methyl sites for hydroxylation is 1. The number of thiazole rings is 1. The van der Waals surface area contributed by atoms with E-state index in [4.69, 9.17) is 0 Å². The molecule has 0 aliphatic carbocycles. The van der Waals surface area contributed by atoms with Gasteiger partial charge >= 0.3 is 0 Å². The zero-order valence-electron chi connectivity index (χ0n) is 17.5. The third kappa shape index (κ3) is 5.78. The summed E-state index contributed by atoms with van der Waals surface area (Å²) in [4.78, 5) is 34.8. The molecule has 1 fully saturated rings. The Hall–Kier alpha value is -2.55. The van der Waals surface area contributed by atoms with Crippen molar-refractivity contribution in [2.24, 2.45) is 0 Å². The minimum Gasteiger partial charge on any atom is -0.343 e. The highest BCUT2D eigenvalue weighted by Gasteiger charge is 2.24. The highest BCUT2D eigenvalue weighted by molar-refractivity contribution is 7.10. The Bertz CT molecular complexity index is 996. The van der Waals surface area contributed by atoms with E-state index in [0.717, 1.165) is 21.1 Å². The monoisotopic (exact) mass is 454 g/mol. The van der Waals surface area contributed by atoms with E-state index in [9.17, 15) is 9.59 Å². The molecule has 2 amide bonds. The molecule has 0 bridgehead atoms. The fourth-order valence-electron chi connectivity index (χ4n) is 3.71. The van der Waals surface area contributed by atoms with Crippen LogP contribution in [0.15, 0.2) is 53.2 Å². The van der Waals surface area contributed by atoms with Crippen molar-refractivity contribution < 1.29 is 9.59 Å². The van der Waals surface area contributed by atoms with E-state index < -0.39 is 0 Å². The summed E-state index contributed by atoms with van der Waals surface area (Å²) in [5.74, 6) is 0.112. The third-order valence-electron chi connectivity index (χ3n) is 5.33. The van der Waals surface area contributed by atoms with Crippen LogP contribution in [0.1, 0.15) is 27.2 Å². The lowest BCUT2D eigenvalue weighted by atomic mass is 10.1. The van der Waals surface area contributed by atoms with E-state index >= 15 is 0 Å². The number of nitrogens with zero attached hydrogens (tertiary/aromatic N) is 3. The highest BCUT2D eigenvalue weighted by atomic mass is 32.1. The standard InChI is InChI=1S/C23H26N4O2S2/c1-17-16-31-21(24-17)14-22(29)27-11-9-26(10-12-27)15-20(28)25-23(19-8-5-13-30-19)18-6-3-2-4-7-18/h2-8,13,16,23H,9-12,14-15H2,1H3,(H,25,28)/t23-/m0/s1. The van der Waals surface area contributed by atoms with Crippen molar-refractivity contribution in [2.45, 2.75) is 19.4 Å². The Kier molecular flexibility index (Phi) is 7.11. The van der Waals surface area contributed by atoms with Gasteiger partial charge in [0.15, 0.2) is 0 Å². The molecule has 31 heavy (non-hydrogen) atoms. The number of nitrogens with one attached hydrogen (secondary N) is 1. The molecule has 6 nitrogen and oxygen atoms in total. The highest BCUT2D eigenvalue weighted by Crippen LogP contribution is 2.25. The second kappa shape index (κ2) is 10.2. The maximum Gasteiger partial charge on any atom is 0.234 e. The van der Waals surface area contributed by atoms with Crippen LogP contribution in [0.2, 0.25) is 0 Å². The van der Waals surface area contributed by atoms with Crippen molar-refractivity contribution in [2.75, 3.05) is 32.7 Å². The van der Waals surface area contributed by atoms with Gasteiger partial charge in [0.2, 0.25) is 11.8 Å². The van der Waals surface area contributed by atoms with E-state index in [1.165, 1.54) is 11.3 Å². The first-order valence-electron chi connectivity index (χ1n) is 10.4. The summed E-state index contributed by atoms with van der Waals surface area (Å²) >= 11 is 3.18. The molecular weight excluding hydrogens is 428 g/mol. The predicted octanol–water partition coefficient (Wildman–Crippen LogP) is 3.11. The number of carbonyl (C=O) groups excluding carboxylic acids is 2. The first kappa shape index (κ1) is 21.7. The van der Waals surface area contributed by atoms with Gasteiger partial charge in [-0.05, 0) is 23.9 Å². The smallest absolute Gasteiger partial charge is 0.234 e. The largest absolute Gasteiger partial charge is 0.343 e. The number of piperazine rings is 1. The topological polar surface area (TPSA) is 65.5 Å². The van der Waals surface area contributed by atoms with Crippen LogP contribution in [0.5, 0.6) is 0 Å². The SMILES string of the molecule is Cc1csc(CC(=O)N2CCN(CC(=O)N[C@@H](c3ccccc3)c3cccs3)CC2)n1. The van der Waals surface area contributed by atoms with Crippen LogP contribution in [-0.2, 0) is 16.0 Å². The number of aromatic nitrogens is 1. The number of rotatable bonds is 7. The molecule has 3 heterocycles. The zero-order chi connectivity index (χ0) is 21.6. The lowest BCUT2D eigenvalue weighted by Crippen LogP contribution is -2.51. The Morgan fingerprint density at radius 1 is 1.06 bits per heavy atom. The maximum absolute atomic E-state index is 12.8. The normalized spacial score (nSPS) is 15.6. The van der Waals surface area contributed by atoms with Gasteiger partial charge in [0, 0.05) is 42.1 Å². The summed E-state index contributed by atoms with van der Waals surface area (Å²) in [6.45, 7) is 4.96. The van der Waals surface area contributed by atoms with Gasteiger partial charge in [-0.15, -0.1) is 22.7 Å². The molecule has 1 aliphatic heterocycles. The van der Waals surface area contributed by atoms with Crippen molar-refractivity contribution in [3.63, 3.8) is 0 Å². The molecule has 1 aromatic carbocycles. The molecule has 0 unspecified atom stereocenters. The van der Waals surface area contributed by atoms with Crippen molar-refractivity contribution in [3.8, 4) is 0 Å². The predicted molar refractivity (Wildman–Crippen MR) is 124 cm³/mol. The average Bonchev–Trinajstić information content (AvgIpc) is 3.45. The van der Waals surface area contributed by atoms with E-state index in [1.807, 2.05) is 59.0 Å². The van der Waals surface area contributed by atoms with Gasteiger partial charge in [0.1, 0.15) is 5.01 Å². The molecule has 1 N–H and O–H groups in total. The van der Waals surface area contributed by atoms with Crippen LogP contribution in [0.4, 0.5) is 0 Å². The minimum atomic E-state index is -0.140. The van der Waals surface area contributed by atoms with Crippen molar-refractivity contribution >= 4 is 34.5 Å². The Morgan fingerprint density at radius 3 is 2.48 bits per heavy atom. The van der Waals surface area contributed by atoms with Gasteiger partial charge in [0.05, 0.1) is 19.0 Å². The van der Waals surface area contributed by atoms with Crippen LogP contribution in [0.25, 0.3) is 0 Å². The fourth-order valence-corrected chi connectivity index (χ4v) is 5.28. The molecule has 2 aromatic heterocycles. The summed E-state index contributed by atoms with van der Waals surface area (Å²) in [6.07, 6.45) is 0.360. The lowest BCUT2D eigenvalue weighted by molar-refractivity contribution is -0.132. The molecular formula is C23H26N4O2S2. The first-order valence-corrected chi connectivity index (χ1v) is 12.1. The van der Waals surface area contributed by atoms with Gasteiger partial charge in [0.25, 0.3) is 0 Å². The summed E-state index contributed by atoms with van der Waals surface area (Å²) in [7, 11) is 0. The number of thiophene rings is 1. The molecule has 0 saturated carbocycles. The number of hydrogen-bond donors (Lipinski definition) is 1. The maximum atomic E-state index is 12.8. The number of amides is 2. The van der Waals surface area contributed by atoms with Crippen LogP contribution < -0.4 is 5.32 Å². The zero-order valence-corrected chi connectivity index (χ0v) is 19.1. The second-order valence-electron chi connectivity index (χ2n) is 7.64. The molecule has 1 saturated heterocycles. The van der Waals surface area contributed by atoms with Gasteiger partial charge in [-0.1, -0.05) is 36.4 Å². The van der Waals surface area contributed by atoms with Crippen LogP contribution in [0.3, 0.4) is 0 Å². The van der Waals surface area contributed by atoms with Gasteiger partial charge in [-0.25, -0.2) is 4.98 Å². The summed E-state index contributed by atoms with van der Waals surface area (Å²) < 4.78 is 0. The van der Waals surface area contributed by atoms with E-state index in [2.05, 4.69) is 21.3 Å². The molecule has 1 aliphatic rings. The van der Waals surface area contributed by atoms with Crippen LogP contribution >= 0.6 is 22.7 Å². The second-order valence-corrected chi connectivity index (χ2v) is 9.56. The van der Waals surface area contributed by atoms with Crippen molar-refractivity contribution in [1.82, 2.24) is 20.1 Å². The molecule has 0 spiro atoms. The Morgan fingerprint density at radius 2 is 1.84 bits per heavy atom. The van der Waals surface area contributed by atoms with Crippen LogP contribution in [0, 0.1) is 6.92 Å². The molecule has 1 atom stereocenters. The van der Waals surface area contributed by atoms with Crippen LogP contribution in [-0.4, -0.2) is 59.3 Å². The molecule has 4 rings (SSSR count). The average molecular weight is 455 g/mol. The van der Waals surface area contributed by atoms with E-state index in [-0.39, 0.29) is 17.9 Å². The summed E-state index contributed by atoms with van der Waals surface area (Å²) in [6, 6.07) is 14.0. The van der Waals surface area contributed by atoms with E-state index in [0.29, 0.717) is 39.1 Å². The Labute approximate surface area is 190 Å². The fraction of sp³-hybridized carbons (Fsp3) is 0.348. The van der Waals surface area contributed by atoms with Gasteiger partial charge < -0.3 is 10.2 Å². The van der Waals surface area contributed by atoms with Gasteiger partial charge in [-0.2, -0.15) is 0 Å². The number of carbonyl (C=O) groups is 2. The first-order chi connectivity index (χ1) is 15.1. The van der Waals surface area contributed by atoms with Crippen molar-refractivity contribution in [1.29, 1.82) is 0 Å². The van der Waals surface area contributed by atoms with E-state index in [1.54, 1.807) is 11.3 Å². The lowest BCUT2D eigenvalue weighted by Gasteiger charge is -2.34. The van der Waals surface area contributed by atoms with Gasteiger partial charge in [-0.3, -0.25) is 14.5 Å². The number of hydrogen-bond acceptors (Lipinski definition) is 6.